The summed E-state index contributed by atoms with van der Waals surface area (Å²) in [5, 5.41) is 9.62. The number of hydrogen-bond acceptors (Lipinski definition) is 9. The van der Waals surface area contributed by atoms with Crippen molar-refractivity contribution >= 4 is 11.8 Å². The number of nitriles is 1. The predicted octanol–water partition coefficient (Wildman–Crippen LogP) is 1.54. The predicted molar refractivity (Wildman–Crippen MR) is 96.5 cm³/mol. The molecule has 1 atom stereocenters. The van der Waals surface area contributed by atoms with Crippen LogP contribution in [0.25, 0.3) is 0 Å². The molecule has 0 spiro atoms. The third-order valence-corrected chi connectivity index (χ3v) is 4.19. The standard InChI is InChI=1S/C19H20N2O7/c1-9(22)14-15(11(8-20)18(21)28-17(14)19(23)27-5)10-6-12(24-2)16(26-4)13(7-10)25-3/h6-7,15H,21H2,1-5H3. The van der Waals surface area contributed by atoms with Gasteiger partial charge in [0.25, 0.3) is 0 Å². The molecule has 1 aliphatic heterocycles. The zero-order valence-electron chi connectivity index (χ0n) is 16.1. The maximum Gasteiger partial charge on any atom is 0.374 e. The number of Topliss-reactive ketones (excluding diaryl/α,β-unsaturated/α-hetero) is 1. The molecular weight excluding hydrogens is 368 g/mol. The second kappa shape index (κ2) is 8.35. The lowest BCUT2D eigenvalue weighted by Gasteiger charge is -2.27. The molecular formula is C19H20N2O7. The van der Waals surface area contributed by atoms with Crippen molar-refractivity contribution in [1.29, 1.82) is 5.26 Å². The van der Waals surface area contributed by atoms with E-state index in [9.17, 15) is 14.9 Å². The Morgan fingerprint density at radius 1 is 1.11 bits per heavy atom. The van der Waals surface area contributed by atoms with E-state index in [0.29, 0.717) is 22.8 Å². The molecule has 0 saturated heterocycles. The van der Waals surface area contributed by atoms with Crippen molar-refractivity contribution in [3.05, 3.63) is 40.5 Å². The molecule has 9 heteroatoms. The van der Waals surface area contributed by atoms with Crippen molar-refractivity contribution in [1.82, 2.24) is 0 Å². The molecule has 0 saturated carbocycles. The number of carbonyl (C=O) groups is 2. The summed E-state index contributed by atoms with van der Waals surface area (Å²) in [4.78, 5) is 24.6. The summed E-state index contributed by atoms with van der Waals surface area (Å²) >= 11 is 0. The molecule has 0 bridgehead atoms. The number of allylic oxidation sites excluding steroid dienone is 2. The van der Waals surface area contributed by atoms with Gasteiger partial charge in [-0.05, 0) is 24.6 Å². The molecule has 1 aliphatic rings. The number of hydrogen-bond donors (Lipinski definition) is 1. The summed E-state index contributed by atoms with van der Waals surface area (Å²) in [5.41, 5.74) is 6.18. The topological polar surface area (TPSA) is 130 Å². The molecule has 9 nitrogen and oxygen atoms in total. The van der Waals surface area contributed by atoms with E-state index in [1.807, 2.05) is 6.07 Å². The number of ketones is 1. The van der Waals surface area contributed by atoms with Gasteiger partial charge >= 0.3 is 5.97 Å². The van der Waals surface area contributed by atoms with Crippen molar-refractivity contribution in [2.45, 2.75) is 12.8 Å². The monoisotopic (exact) mass is 388 g/mol. The van der Waals surface area contributed by atoms with Gasteiger partial charge in [0, 0.05) is 0 Å². The highest BCUT2D eigenvalue weighted by Crippen LogP contribution is 2.45. The average molecular weight is 388 g/mol. The van der Waals surface area contributed by atoms with Gasteiger partial charge in [-0.25, -0.2) is 4.79 Å². The van der Waals surface area contributed by atoms with Crippen LogP contribution >= 0.6 is 0 Å². The van der Waals surface area contributed by atoms with E-state index in [-0.39, 0.29) is 22.8 Å². The summed E-state index contributed by atoms with van der Waals surface area (Å²) < 4.78 is 25.9. The molecule has 0 aromatic heterocycles. The maximum absolute atomic E-state index is 12.4. The number of esters is 1. The van der Waals surface area contributed by atoms with Crippen LogP contribution in [0.5, 0.6) is 17.2 Å². The minimum atomic E-state index is -0.987. The second-order valence-electron chi connectivity index (χ2n) is 5.67. The molecule has 2 N–H and O–H groups in total. The molecule has 0 radical (unpaired) electrons. The van der Waals surface area contributed by atoms with E-state index >= 15 is 0 Å². The highest BCUT2D eigenvalue weighted by molar-refractivity contribution is 6.04. The first-order valence-electron chi connectivity index (χ1n) is 8.05. The zero-order valence-corrected chi connectivity index (χ0v) is 16.1. The van der Waals surface area contributed by atoms with E-state index in [4.69, 9.17) is 29.4 Å². The Hall–Kier alpha value is -3.67. The van der Waals surface area contributed by atoms with E-state index in [2.05, 4.69) is 0 Å². The lowest BCUT2D eigenvalue weighted by molar-refractivity contribution is -0.140. The molecule has 0 aliphatic carbocycles. The molecule has 1 unspecified atom stereocenters. The normalized spacial score (nSPS) is 16.1. The third-order valence-electron chi connectivity index (χ3n) is 4.19. The van der Waals surface area contributed by atoms with E-state index in [0.717, 1.165) is 7.11 Å². The zero-order chi connectivity index (χ0) is 21.0. The number of benzene rings is 1. The third kappa shape index (κ3) is 3.44. The number of methoxy groups -OCH3 is 4. The minimum absolute atomic E-state index is 0.0351. The number of rotatable bonds is 6. The second-order valence-corrected chi connectivity index (χ2v) is 5.67. The van der Waals surface area contributed by atoms with Gasteiger partial charge in [0.2, 0.25) is 17.4 Å². The van der Waals surface area contributed by atoms with Crippen LogP contribution in [-0.2, 0) is 19.1 Å². The Labute approximate surface area is 161 Å². The van der Waals surface area contributed by atoms with Crippen molar-refractivity contribution in [3.8, 4) is 23.3 Å². The van der Waals surface area contributed by atoms with E-state index in [1.54, 1.807) is 12.1 Å². The highest BCUT2D eigenvalue weighted by Gasteiger charge is 2.39. The van der Waals surface area contributed by atoms with Crippen LogP contribution in [0.3, 0.4) is 0 Å². The first-order chi connectivity index (χ1) is 13.3. The smallest absolute Gasteiger partial charge is 0.374 e. The van der Waals surface area contributed by atoms with Crippen molar-refractivity contribution < 1.29 is 33.3 Å². The fourth-order valence-electron chi connectivity index (χ4n) is 2.97. The summed E-state index contributed by atoms with van der Waals surface area (Å²) in [7, 11) is 5.46. The molecule has 0 fully saturated rings. The van der Waals surface area contributed by atoms with Crippen LogP contribution in [0.2, 0.25) is 0 Å². The molecule has 148 valence electrons. The van der Waals surface area contributed by atoms with Gasteiger partial charge in [-0.15, -0.1) is 0 Å². The Kier molecular flexibility index (Phi) is 6.15. The van der Waals surface area contributed by atoms with E-state index in [1.165, 1.54) is 28.3 Å². The van der Waals surface area contributed by atoms with Crippen LogP contribution < -0.4 is 19.9 Å². The summed E-state index contributed by atoms with van der Waals surface area (Å²) in [6.07, 6.45) is 0. The fourth-order valence-corrected chi connectivity index (χ4v) is 2.97. The lowest BCUT2D eigenvalue weighted by Crippen LogP contribution is -2.27. The van der Waals surface area contributed by atoms with E-state index < -0.39 is 17.7 Å². The quantitative estimate of drug-likeness (QED) is 0.721. The number of ether oxygens (including phenoxy) is 5. The Morgan fingerprint density at radius 2 is 1.68 bits per heavy atom. The fraction of sp³-hybridized carbons (Fsp3) is 0.316. The first kappa shape index (κ1) is 20.6. The minimum Gasteiger partial charge on any atom is -0.493 e. The van der Waals surface area contributed by atoms with Gasteiger partial charge < -0.3 is 29.4 Å². The number of nitrogens with two attached hydrogens (primary N) is 1. The van der Waals surface area contributed by atoms with Crippen LogP contribution in [0.4, 0.5) is 0 Å². The Balaban J connectivity index is 2.86. The van der Waals surface area contributed by atoms with Gasteiger partial charge in [-0.1, -0.05) is 0 Å². The molecule has 1 aromatic carbocycles. The van der Waals surface area contributed by atoms with Crippen LogP contribution in [0, 0.1) is 11.3 Å². The van der Waals surface area contributed by atoms with Gasteiger partial charge in [-0.3, -0.25) is 4.79 Å². The molecule has 28 heavy (non-hydrogen) atoms. The summed E-state index contributed by atoms with van der Waals surface area (Å²) in [5.74, 6) is -2.08. The number of nitrogens with zero attached hydrogens (tertiary/aromatic N) is 1. The summed E-state index contributed by atoms with van der Waals surface area (Å²) in [6.45, 7) is 1.25. The molecule has 2 rings (SSSR count). The molecule has 0 amide bonds. The largest absolute Gasteiger partial charge is 0.493 e. The van der Waals surface area contributed by atoms with Crippen molar-refractivity contribution in [2.24, 2.45) is 5.73 Å². The van der Waals surface area contributed by atoms with Crippen molar-refractivity contribution in [2.75, 3.05) is 28.4 Å². The van der Waals surface area contributed by atoms with Gasteiger partial charge in [0.15, 0.2) is 17.3 Å². The first-order valence-corrected chi connectivity index (χ1v) is 8.05. The highest BCUT2D eigenvalue weighted by atomic mass is 16.6. The number of carbonyl (C=O) groups excluding carboxylic acids is 2. The maximum atomic E-state index is 12.4. The van der Waals surface area contributed by atoms with Gasteiger partial charge in [-0.2, -0.15) is 5.26 Å². The lowest BCUT2D eigenvalue weighted by atomic mass is 9.81. The Morgan fingerprint density at radius 3 is 2.07 bits per heavy atom. The average Bonchev–Trinajstić information content (AvgIpc) is 2.70. The summed E-state index contributed by atoms with van der Waals surface area (Å²) in [6, 6.07) is 5.08. The van der Waals surface area contributed by atoms with Crippen LogP contribution in [-0.4, -0.2) is 40.2 Å². The SMILES string of the molecule is COC(=O)C1=C(C(C)=O)C(c2cc(OC)c(OC)c(OC)c2)C(C#N)=C(N)O1. The Bertz CT molecular complexity index is 900. The molecule has 1 heterocycles. The van der Waals surface area contributed by atoms with Gasteiger partial charge in [0.1, 0.15) is 11.6 Å². The van der Waals surface area contributed by atoms with Crippen LogP contribution in [0.1, 0.15) is 18.4 Å². The molecule has 1 aromatic rings. The van der Waals surface area contributed by atoms with Crippen molar-refractivity contribution in [3.63, 3.8) is 0 Å². The van der Waals surface area contributed by atoms with Crippen LogP contribution in [0.15, 0.2) is 34.9 Å². The van der Waals surface area contributed by atoms with Gasteiger partial charge in [0.05, 0.1) is 39.9 Å².